The smallest absolute Gasteiger partial charge is 0.0753 e. The fraction of sp³-hybridized carbons (Fsp3) is 0.167. The summed E-state index contributed by atoms with van der Waals surface area (Å²) >= 11 is 0. The van der Waals surface area contributed by atoms with Crippen molar-refractivity contribution in [2.45, 2.75) is 19.9 Å². The van der Waals surface area contributed by atoms with Crippen LogP contribution < -0.4 is 11.3 Å². The molecule has 3 aromatic rings. The van der Waals surface area contributed by atoms with Crippen molar-refractivity contribution in [3.8, 4) is 0 Å². The van der Waals surface area contributed by atoms with Crippen LogP contribution in [-0.2, 0) is 0 Å². The maximum absolute atomic E-state index is 5.87. The minimum Gasteiger partial charge on any atom is -0.271 e. The zero-order valence-corrected chi connectivity index (χ0v) is 12.3. The average molecular weight is 277 g/mol. The van der Waals surface area contributed by atoms with E-state index in [9.17, 15) is 0 Å². The van der Waals surface area contributed by atoms with Gasteiger partial charge in [-0.15, -0.1) is 0 Å². The lowest BCUT2D eigenvalue weighted by Crippen LogP contribution is -2.29. The van der Waals surface area contributed by atoms with Crippen molar-refractivity contribution in [1.82, 2.24) is 10.4 Å². The van der Waals surface area contributed by atoms with Gasteiger partial charge in [0.25, 0.3) is 0 Å². The van der Waals surface area contributed by atoms with Gasteiger partial charge in [-0.3, -0.25) is 10.8 Å². The highest BCUT2D eigenvalue weighted by atomic mass is 15.2. The van der Waals surface area contributed by atoms with E-state index in [2.05, 4.69) is 66.7 Å². The molecule has 0 amide bonds. The summed E-state index contributed by atoms with van der Waals surface area (Å²) in [6.07, 6.45) is 1.82. The first-order valence-electron chi connectivity index (χ1n) is 7.08. The largest absolute Gasteiger partial charge is 0.271 e. The van der Waals surface area contributed by atoms with Gasteiger partial charge in [0, 0.05) is 17.1 Å². The first-order chi connectivity index (χ1) is 10.2. The zero-order valence-electron chi connectivity index (χ0n) is 12.3. The molecule has 0 saturated heterocycles. The molecule has 0 fully saturated rings. The molecular weight excluding hydrogens is 258 g/mol. The Morgan fingerprint density at radius 3 is 2.48 bits per heavy atom. The van der Waals surface area contributed by atoms with E-state index in [1.54, 1.807) is 0 Å². The predicted octanol–water partition coefficient (Wildman–Crippen LogP) is 3.40. The number of hydrazine groups is 1. The van der Waals surface area contributed by atoms with Crippen LogP contribution in [0.2, 0.25) is 0 Å². The number of fused-ring (bicyclic) bond motifs is 1. The zero-order chi connectivity index (χ0) is 14.8. The Bertz CT molecular complexity index is 775. The van der Waals surface area contributed by atoms with Crippen molar-refractivity contribution in [1.29, 1.82) is 0 Å². The Hall–Kier alpha value is -2.23. The summed E-state index contributed by atoms with van der Waals surface area (Å²) in [5.74, 6) is 5.87. The number of nitrogens with zero attached hydrogens (tertiary/aromatic N) is 1. The maximum atomic E-state index is 5.87. The van der Waals surface area contributed by atoms with Crippen LogP contribution in [0, 0.1) is 13.8 Å². The molecule has 0 aliphatic carbocycles. The molecule has 21 heavy (non-hydrogen) atoms. The summed E-state index contributed by atoms with van der Waals surface area (Å²) in [6.45, 7) is 4.25. The highest BCUT2D eigenvalue weighted by Gasteiger charge is 2.18. The molecule has 3 heteroatoms. The van der Waals surface area contributed by atoms with Crippen molar-refractivity contribution < 1.29 is 0 Å². The first kappa shape index (κ1) is 13.7. The van der Waals surface area contributed by atoms with Gasteiger partial charge in [-0.25, -0.2) is 5.43 Å². The van der Waals surface area contributed by atoms with Gasteiger partial charge in [-0.05, 0) is 36.6 Å². The van der Waals surface area contributed by atoms with Crippen LogP contribution >= 0.6 is 0 Å². The fourth-order valence-electron chi connectivity index (χ4n) is 2.79. The Kier molecular flexibility index (Phi) is 3.69. The minimum atomic E-state index is -0.0662. The van der Waals surface area contributed by atoms with E-state index in [0.29, 0.717) is 0 Å². The number of hydrogen-bond donors (Lipinski definition) is 2. The summed E-state index contributed by atoms with van der Waals surface area (Å²) in [6, 6.07) is 16.5. The van der Waals surface area contributed by atoms with Gasteiger partial charge in [0.2, 0.25) is 0 Å². The Balaban J connectivity index is 2.21. The number of para-hydroxylation sites is 1. The van der Waals surface area contributed by atoms with Crippen LogP contribution in [0.5, 0.6) is 0 Å². The molecule has 3 nitrogen and oxygen atoms in total. The van der Waals surface area contributed by atoms with Crippen molar-refractivity contribution in [3.05, 3.63) is 77.0 Å². The number of nitrogens with one attached hydrogen (secondary N) is 1. The molecule has 3 rings (SSSR count). The number of hydrogen-bond acceptors (Lipinski definition) is 3. The highest BCUT2D eigenvalue weighted by molar-refractivity contribution is 5.82. The quantitative estimate of drug-likeness (QED) is 0.570. The van der Waals surface area contributed by atoms with Crippen LogP contribution in [0.1, 0.15) is 28.3 Å². The van der Waals surface area contributed by atoms with Gasteiger partial charge in [0.1, 0.15) is 0 Å². The number of nitrogens with two attached hydrogens (primary N) is 1. The molecule has 0 spiro atoms. The minimum absolute atomic E-state index is 0.0662. The van der Waals surface area contributed by atoms with E-state index >= 15 is 0 Å². The summed E-state index contributed by atoms with van der Waals surface area (Å²) in [7, 11) is 0. The standard InChI is InChI=1S/C18H19N3/c1-12-6-3-9-15(13(12)2)18(21-19)16-10-4-7-14-8-5-11-20-17(14)16/h3-11,18,21H,19H2,1-2H3. The van der Waals surface area contributed by atoms with E-state index in [4.69, 9.17) is 5.84 Å². The van der Waals surface area contributed by atoms with Crippen LogP contribution in [0.15, 0.2) is 54.7 Å². The molecule has 0 radical (unpaired) electrons. The van der Waals surface area contributed by atoms with E-state index in [0.717, 1.165) is 16.5 Å². The summed E-state index contributed by atoms with van der Waals surface area (Å²) in [4.78, 5) is 4.53. The third-order valence-electron chi connectivity index (χ3n) is 4.10. The lowest BCUT2D eigenvalue weighted by molar-refractivity contribution is 0.636. The number of rotatable bonds is 3. The molecule has 2 aromatic carbocycles. The topological polar surface area (TPSA) is 50.9 Å². The molecule has 0 aliphatic rings. The molecular formula is C18H19N3. The van der Waals surface area contributed by atoms with E-state index in [1.807, 2.05) is 12.3 Å². The van der Waals surface area contributed by atoms with Gasteiger partial charge < -0.3 is 0 Å². The maximum Gasteiger partial charge on any atom is 0.0753 e. The van der Waals surface area contributed by atoms with Gasteiger partial charge in [0.05, 0.1) is 11.6 Å². The molecule has 3 N–H and O–H groups in total. The van der Waals surface area contributed by atoms with Gasteiger partial charge in [0.15, 0.2) is 0 Å². The third kappa shape index (κ3) is 2.42. The molecule has 0 bridgehead atoms. The Morgan fingerprint density at radius 1 is 0.952 bits per heavy atom. The van der Waals surface area contributed by atoms with Crippen molar-refractivity contribution in [2.75, 3.05) is 0 Å². The molecule has 0 aliphatic heterocycles. The normalized spacial score (nSPS) is 12.5. The second-order valence-corrected chi connectivity index (χ2v) is 5.31. The first-order valence-corrected chi connectivity index (χ1v) is 7.08. The van der Waals surface area contributed by atoms with E-state index in [1.165, 1.54) is 16.7 Å². The lowest BCUT2D eigenvalue weighted by atomic mass is 9.92. The van der Waals surface area contributed by atoms with Crippen molar-refractivity contribution in [2.24, 2.45) is 5.84 Å². The second kappa shape index (κ2) is 5.64. The summed E-state index contributed by atoms with van der Waals surface area (Å²) < 4.78 is 0. The van der Waals surface area contributed by atoms with Crippen molar-refractivity contribution >= 4 is 10.9 Å². The Labute approximate surface area is 124 Å². The summed E-state index contributed by atoms with van der Waals surface area (Å²) in [5.41, 5.74) is 8.76. The number of aryl methyl sites for hydroxylation is 1. The van der Waals surface area contributed by atoms with Crippen molar-refractivity contribution in [3.63, 3.8) is 0 Å². The molecule has 1 aromatic heterocycles. The fourth-order valence-corrected chi connectivity index (χ4v) is 2.79. The average Bonchev–Trinajstić information content (AvgIpc) is 2.52. The van der Waals surface area contributed by atoms with E-state index in [-0.39, 0.29) is 6.04 Å². The number of benzene rings is 2. The highest BCUT2D eigenvalue weighted by Crippen LogP contribution is 2.29. The Morgan fingerprint density at radius 2 is 1.67 bits per heavy atom. The van der Waals surface area contributed by atoms with Gasteiger partial charge >= 0.3 is 0 Å². The lowest BCUT2D eigenvalue weighted by Gasteiger charge is -2.21. The van der Waals surface area contributed by atoms with Crippen LogP contribution in [0.25, 0.3) is 10.9 Å². The SMILES string of the molecule is Cc1cccc(C(NN)c2cccc3cccnc23)c1C. The monoisotopic (exact) mass is 277 g/mol. The second-order valence-electron chi connectivity index (χ2n) is 5.31. The van der Waals surface area contributed by atoms with Crippen LogP contribution in [0.3, 0.4) is 0 Å². The predicted molar refractivity (Wildman–Crippen MR) is 86.8 cm³/mol. The molecule has 1 unspecified atom stereocenters. The van der Waals surface area contributed by atoms with Crippen LogP contribution in [0.4, 0.5) is 0 Å². The number of aromatic nitrogens is 1. The van der Waals surface area contributed by atoms with E-state index < -0.39 is 0 Å². The molecule has 106 valence electrons. The van der Waals surface area contributed by atoms with Crippen LogP contribution in [-0.4, -0.2) is 4.98 Å². The third-order valence-corrected chi connectivity index (χ3v) is 4.10. The molecule has 1 atom stereocenters. The van der Waals surface area contributed by atoms with Gasteiger partial charge in [-0.1, -0.05) is 42.5 Å². The molecule has 1 heterocycles. The summed E-state index contributed by atoms with van der Waals surface area (Å²) in [5, 5.41) is 1.13. The molecule has 0 saturated carbocycles. The number of pyridine rings is 1. The van der Waals surface area contributed by atoms with Gasteiger partial charge in [-0.2, -0.15) is 0 Å².